The summed E-state index contributed by atoms with van der Waals surface area (Å²) in [5, 5.41) is 8.65. The van der Waals surface area contributed by atoms with E-state index in [9.17, 15) is 19.2 Å². The highest BCUT2D eigenvalue weighted by Gasteiger charge is 2.41. The van der Waals surface area contributed by atoms with E-state index in [0.29, 0.717) is 32.4 Å². The number of nitrogens with one attached hydrogen (secondary N) is 3. The SMILES string of the molecule is C=CCNC(=O)C(=O)C(CCC)NC(=O)C1CCCN1C(=O)C(NCCC(C)(C)C)C(C)(C)C.CCC. The Morgan fingerprint density at radius 3 is 2.14 bits per heavy atom. The van der Waals surface area contributed by atoms with Crippen molar-refractivity contribution in [2.24, 2.45) is 10.8 Å². The van der Waals surface area contributed by atoms with Crippen molar-refractivity contribution in [3.05, 3.63) is 12.7 Å². The molecule has 8 heteroatoms. The minimum absolute atomic E-state index is 0.0962. The lowest BCUT2D eigenvalue weighted by molar-refractivity contribution is -0.144. The summed E-state index contributed by atoms with van der Waals surface area (Å²) < 4.78 is 0. The van der Waals surface area contributed by atoms with Crippen molar-refractivity contribution in [1.82, 2.24) is 20.9 Å². The van der Waals surface area contributed by atoms with Gasteiger partial charge in [-0.1, -0.05) is 81.2 Å². The fourth-order valence-corrected chi connectivity index (χ4v) is 4.06. The van der Waals surface area contributed by atoms with Crippen LogP contribution in [0.4, 0.5) is 0 Å². The Morgan fingerprint density at radius 2 is 1.65 bits per heavy atom. The zero-order valence-electron chi connectivity index (χ0n) is 25.0. The summed E-state index contributed by atoms with van der Waals surface area (Å²) in [6.45, 7) is 23.6. The van der Waals surface area contributed by atoms with Crippen LogP contribution in [0, 0.1) is 10.8 Å². The quantitative estimate of drug-likeness (QED) is 0.265. The van der Waals surface area contributed by atoms with Crippen molar-refractivity contribution in [2.45, 2.75) is 119 Å². The molecule has 0 aromatic carbocycles. The summed E-state index contributed by atoms with van der Waals surface area (Å²) in [4.78, 5) is 53.1. The van der Waals surface area contributed by atoms with Crippen LogP contribution in [0.1, 0.15) is 101 Å². The minimum atomic E-state index is -0.914. The Kier molecular flexibility index (Phi) is 15.6. The fourth-order valence-electron chi connectivity index (χ4n) is 4.06. The summed E-state index contributed by atoms with van der Waals surface area (Å²) in [6, 6.07) is -1.99. The van der Waals surface area contributed by atoms with Crippen molar-refractivity contribution < 1.29 is 19.2 Å². The van der Waals surface area contributed by atoms with Crippen LogP contribution in [-0.4, -0.2) is 66.2 Å². The lowest BCUT2D eigenvalue weighted by Gasteiger charge is -2.36. The van der Waals surface area contributed by atoms with Crippen LogP contribution >= 0.6 is 0 Å². The lowest BCUT2D eigenvalue weighted by atomic mass is 9.85. The first-order valence-electron chi connectivity index (χ1n) is 13.9. The molecule has 3 amide bonds. The molecular formula is C29H54N4O4. The van der Waals surface area contributed by atoms with Gasteiger partial charge in [0.1, 0.15) is 6.04 Å². The summed E-state index contributed by atoms with van der Waals surface area (Å²) in [5.41, 5.74) is -0.185. The predicted octanol–water partition coefficient (Wildman–Crippen LogP) is 3.99. The molecule has 1 aliphatic heterocycles. The molecule has 1 fully saturated rings. The number of carbonyl (C=O) groups is 4. The van der Waals surface area contributed by atoms with E-state index < -0.39 is 29.8 Å². The third-order valence-electron chi connectivity index (χ3n) is 6.02. The zero-order chi connectivity index (χ0) is 28.8. The second-order valence-corrected chi connectivity index (χ2v) is 12.2. The first kappa shape index (κ1) is 34.8. The van der Waals surface area contributed by atoms with Crippen LogP contribution in [0.25, 0.3) is 0 Å². The monoisotopic (exact) mass is 522 g/mol. The van der Waals surface area contributed by atoms with E-state index in [2.05, 4.69) is 57.1 Å². The average molecular weight is 523 g/mol. The van der Waals surface area contributed by atoms with Crippen molar-refractivity contribution in [3.8, 4) is 0 Å². The normalized spacial score (nSPS) is 17.2. The molecule has 37 heavy (non-hydrogen) atoms. The van der Waals surface area contributed by atoms with Gasteiger partial charge in [0.05, 0.1) is 12.1 Å². The van der Waals surface area contributed by atoms with Crippen molar-refractivity contribution in [3.63, 3.8) is 0 Å². The van der Waals surface area contributed by atoms with Crippen LogP contribution in [0.3, 0.4) is 0 Å². The molecule has 3 N–H and O–H groups in total. The van der Waals surface area contributed by atoms with Crippen LogP contribution < -0.4 is 16.0 Å². The molecular weight excluding hydrogens is 468 g/mol. The molecule has 1 heterocycles. The van der Waals surface area contributed by atoms with Gasteiger partial charge in [-0.2, -0.15) is 0 Å². The van der Waals surface area contributed by atoms with E-state index in [1.54, 1.807) is 4.90 Å². The van der Waals surface area contributed by atoms with Crippen LogP contribution in [0.2, 0.25) is 0 Å². The topological polar surface area (TPSA) is 108 Å². The molecule has 0 saturated carbocycles. The van der Waals surface area contributed by atoms with Gasteiger partial charge < -0.3 is 20.9 Å². The molecule has 8 nitrogen and oxygen atoms in total. The molecule has 3 atom stereocenters. The maximum atomic E-state index is 13.6. The minimum Gasteiger partial charge on any atom is -0.346 e. The molecule has 0 aliphatic carbocycles. The van der Waals surface area contributed by atoms with Gasteiger partial charge >= 0.3 is 0 Å². The second-order valence-electron chi connectivity index (χ2n) is 12.2. The average Bonchev–Trinajstić information content (AvgIpc) is 3.28. The maximum absolute atomic E-state index is 13.6. The second kappa shape index (κ2) is 16.6. The van der Waals surface area contributed by atoms with E-state index >= 15 is 0 Å². The van der Waals surface area contributed by atoms with Gasteiger partial charge in [0.25, 0.3) is 5.91 Å². The van der Waals surface area contributed by atoms with Gasteiger partial charge in [-0.25, -0.2) is 0 Å². The third-order valence-corrected chi connectivity index (χ3v) is 6.02. The Bertz CT molecular complexity index is 752. The Morgan fingerprint density at radius 1 is 1.05 bits per heavy atom. The zero-order valence-corrected chi connectivity index (χ0v) is 25.0. The lowest BCUT2D eigenvalue weighted by Crippen LogP contribution is -2.58. The largest absolute Gasteiger partial charge is 0.346 e. The Labute approximate surface area is 225 Å². The first-order valence-corrected chi connectivity index (χ1v) is 13.9. The number of carbonyl (C=O) groups excluding carboxylic acids is 4. The summed E-state index contributed by atoms with van der Waals surface area (Å²) in [5.74, 6) is -1.89. The molecule has 0 bridgehead atoms. The fraction of sp³-hybridized carbons (Fsp3) is 0.793. The molecule has 1 saturated heterocycles. The number of hydrogen-bond acceptors (Lipinski definition) is 5. The van der Waals surface area contributed by atoms with Gasteiger partial charge in [-0.15, -0.1) is 6.58 Å². The highest BCUT2D eigenvalue weighted by atomic mass is 16.2. The van der Waals surface area contributed by atoms with Crippen molar-refractivity contribution in [1.29, 1.82) is 0 Å². The highest BCUT2D eigenvalue weighted by molar-refractivity contribution is 6.38. The Hall–Kier alpha value is -2.22. The molecule has 3 unspecified atom stereocenters. The summed E-state index contributed by atoms with van der Waals surface area (Å²) in [7, 11) is 0. The Balaban J connectivity index is 0.00000410. The molecule has 0 aromatic rings. The van der Waals surface area contributed by atoms with Crippen molar-refractivity contribution >= 4 is 23.5 Å². The van der Waals surface area contributed by atoms with E-state index in [-0.39, 0.29) is 29.2 Å². The van der Waals surface area contributed by atoms with E-state index in [0.717, 1.165) is 12.8 Å². The summed E-state index contributed by atoms with van der Waals surface area (Å²) >= 11 is 0. The first-order chi connectivity index (χ1) is 17.1. The molecule has 0 spiro atoms. The molecule has 1 rings (SSSR count). The van der Waals surface area contributed by atoms with E-state index in [1.807, 2.05) is 27.7 Å². The number of hydrogen-bond donors (Lipinski definition) is 3. The third kappa shape index (κ3) is 12.7. The molecule has 0 radical (unpaired) electrons. The van der Waals surface area contributed by atoms with Crippen LogP contribution in [0.5, 0.6) is 0 Å². The number of nitrogens with zero attached hydrogens (tertiary/aromatic N) is 1. The predicted molar refractivity (Wildman–Crippen MR) is 151 cm³/mol. The summed E-state index contributed by atoms with van der Waals surface area (Å²) in [6.07, 6.45) is 5.89. The number of amides is 3. The number of rotatable bonds is 12. The molecule has 214 valence electrons. The van der Waals surface area contributed by atoms with Gasteiger partial charge in [-0.05, 0) is 43.1 Å². The standard InChI is InChI=1S/C26H46N4O4.C3H8/c1-9-12-18(20(31)23(33)28-15-10-2)29-22(32)19-13-11-17-30(19)24(34)21(26(6,7)8)27-16-14-25(3,4)5;1-3-2/h10,18-19,21,27H,2,9,11-17H2,1,3-8H3,(H,28,33)(H,29,32);3H2,1-2H3. The van der Waals surface area contributed by atoms with E-state index in [1.165, 1.54) is 12.5 Å². The van der Waals surface area contributed by atoms with Crippen LogP contribution in [0.15, 0.2) is 12.7 Å². The van der Waals surface area contributed by atoms with E-state index in [4.69, 9.17) is 0 Å². The van der Waals surface area contributed by atoms with Gasteiger partial charge in [-0.3, -0.25) is 19.2 Å². The van der Waals surface area contributed by atoms with Gasteiger partial charge in [0, 0.05) is 13.1 Å². The van der Waals surface area contributed by atoms with Crippen LogP contribution in [-0.2, 0) is 19.2 Å². The van der Waals surface area contributed by atoms with Gasteiger partial charge in [0.15, 0.2) is 0 Å². The molecule has 0 aromatic heterocycles. The highest BCUT2D eigenvalue weighted by Crippen LogP contribution is 2.27. The number of likely N-dealkylation sites (tertiary alicyclic amines) is 1. The number of Topliss-reactive ketones (excluding diaryl/α,β-unsaturated/α-hetero) is 1. The van der Waals surface area contributed by atoms with Gasteiger partial charge in [0.2, 0.25) is 17.6 Å². The molecule has 1 aliphatic rings. The number of ketones is 1. The van der Waals surface area contributed by atoms with Crippen molar-refractivity contribution in [2.75, 3.05) is 19.6 Å². The smallest absolute Gasteiger partial charge is 0.289 e. The maximum Gasteiger partial charge on any atom is 0.289 e.